The molecule has 0 N–H and O–H groups in total. The first-order valence-electron chi connectivity index (χ1n) is 28.3. The Bertz CT molecular complexity index is 3590. The van der Waals surface area contributed by atoms with E-state index in [1.54, 1.807) is 48.5 Å². The van der Waals surface area contributed by atoms with Crippen LogP contribution >= 0.6 is 0 Å². The van der Waals surface area contributed by atoms with E-state index in [1.807, 2.05) is 0 Å². The average Bonchev–Trinajstić information content (AvgIpc) is 0.837. The zero-order valence-corrected chi connectivity index (χ0v) is 51.8. The molecule has 18 nitrogen and oxygen atoms in total. The first-order chi connectivity index (χ1) is 44.2. The van der Waals surface area contributed by atoms with E-state index in [4.69, 9.17) is 113 Å². The number of hydrogen-bond acceptors (Lipinski definition) is 18. The molecule has 2 unspecified atom stereocenters. The van der Waals surface area contributed by atoms with Crippen molar-refractivity contribution in [1.82, 2.24) is 0 Å². The van der Waals surface area contributed by atoms with Crippen LogP contribution in [0.3, 0.4) is 0 Å². The fourth-order valence-electron chi connectivity index (χ4n) is 9.71. The lowest BCUT2D eigenvalue weighted by molar-refractivity contribution is -0.160. The van der Waals surface area contributed by atoms with Crippen molar-refractivity contribution in [2.45, 2.75) is 106 Å². The van der Waals surface area contributed by atoms with Crippen LogP contribution in [0.2, 0.25) is 0 Å². The van der Waals surface area contributed by atoms with Gasteiger partial charge in [0.2, 0.25) is 0 Å². The van der Waals surface area contributed by atoms with E-state index in [0.29, 0.717) is 66.8 Å². The summed E-state index contributed by atoms with van der Waals surface area (Å²) in [7, 11) is 57.4. The van der Waals surface area contributed by atoms with Crippen molar-refractivity contribution in [1.29, 1.82) is 0 Å². The lowest BCUT2D eigenvalue weighted by Crippen LogP contribution is -2.40. The van der Waals surface area contributed by atoms with E-state index in [2.05, 4.69) is 9.47 Å². The maximum atomic E-state index is 13.8. The van der Waals surface area contributed by atoms with Gasteiger partial charge in [-0.3, -0.25) is 14.4 Å². The molecule has 0 heterocycles. The summed E-state index contributed by atoms with van der Waals surface area (Å²) in [6.07, 6.45) is -0.881. The molecule has 0 aliphatic heterocycles. The average molecular weight is 1300 g/mol. The van der Waals surface area contributed by atoms with Crippen molar-refractivity contribution in [2.24, 2.45) is 17.8 Å². The molecule has 1 fully saturated rings. The maximum absolute atomic E-state index is 13.8. The minimum atomic E-state index is -6.19. The Morgan fingerprint density at radius 1 is 0.351 bits per heavy atom. The van der Waals surface area contributed by atoms with Crippen LogP contribution in [0.5, 0.6) is 23.0 Å². The Labute approximate surface area is 557 Å². The summed E-state index contributed by atoms with van der Waals surface area (Å²) in [6.45, 7) is -4.20. The smallest absolute Gasteiger partial charge is 0.367 e. The first kappa shape index (κ1) is 77.9. The van der Waals surface area contributed by atoms with Gasteiger partial charge in [0, 0.05) is 0 Å². The van der Waals surface area contributed by atoms with E-state index in [1.165, 1.54) is 0 Å². The minimum Gasteiger partial charge on any atom is -0.743 e. The lowest BCUT2D eigenvalue weighted by atomic mass is 9.75. The van der Waals surface area contributed by atoms with Gasteiger partial charge in [-0.05, 0) is 82.0 Å². The highest BCUT2D eigenvalue weighted by molar-refractivity contribution is 7.87. The number of alkyl halides is 4. The number of halogens is 4. The summed E-state index contributed by atoms with van der Waals surface area (Å²) < 4.78 is 152. The van der Waals surface area contributed by atoms with E-state index < -0.39 is 114 Å². The summed E-state index contributed by atoms with van der Waals surface area (Å²) in [4.78, 5) is 79.6. The molecule has 0 bridgehead atoms. The van der Waals surface area contributed by atoms with Gasteiger partial charge in [-0.2, -0.15) is 17.6 Å². The molecule has 1 saturated carbocycles. The van der Waals surface area contributed by atoms with Gasteiger partial charge < -0.3 is 37.5 Å². The van der Waals surface area contributed by atoms with Gasteiger partial charge in [-0.15, -0.1) is 0 Å². The molecule has 2 atom stereocenters. The fraction of sp³-hybridized carbons (Fsp3) is 0.379. The van der Waals surface area contributed by atoms with Gasteiger partial charge in [-0.1, -0.05) is 147 Å². The standard InChI is InChI=1S/C29H28B6F2O9S.C29H22B6F2O9S/c2*30-8-15-1-20(10-32)24(21(2-15)11-33)45-27(39)18-5-17(26(38)44-14-29(36,37)47(41,42)43)6-19(7-18)28(40)46-25-22(12-34)3-16(9-31)4-23(25)13-35/h1-4,17-19H,5-14H2,(H,41,42,43);1-7H,8-14H2,(H,41,42,43)/p-2. The number of ether oxygens (including phenoxy) is 6. The number of esters is 6. The predicted molar refractivity (Wildman–Crippen MR) is 342 cm³/mol. The second-order valence-corrected chi connectivity index (χ2v) is 24.0. The number of rotatable bonds is 28. The number of carbonyl (C=O) groups excluding carboxylic acids is 6. The first-order valence-corrected chi connectivity index (χ1v) is 31.1. The Balaban J connectivity index is 0.000000341. The van der Waals surface area contributed by atoms with Crippen molar-refractivity contribution in [3.63, 3.8) is 0 Å². The summed E-state index contributed by atoms with van der Waals surface area (Å²) in [6, 6.07) is 15.5. The highest BCUT2D eigenvalue weighted by atomic mass is 32.2. The monoisotopic (exact) mass is 1300 g/mol. The van der Waals surface area contributed by atoms with Crippen LogP contribution in [0.4, 0.5) is 17.6 Å². The fourth-order valence-corrected chi connectivity index (χ4v) is 10.1. The second-order valence-electron chi connectivity index (χ2n) is 21.0. The number of benzene rings is 5. The molecule has 24 radical (unpaired) electrons. The van der Waals surface area contributed by atoms with Crippen LogP contribution < -0.4 is 18.9 Å². The van der Waals surface area contributed by atoms with Crippen LogP contribution in [0.25, 0.3) is 0 Å². The minimum absolute atomic E-state index is 0.0187. The molecule has 466 valence electrons. The van der Waals surface area contributed by atoms with E-state index >= 15 is 0 Å². The number of carbonyl (C=O) groups is 6. The zero-order chi connectivity index (χ0) is 70.2. The Hall–Kier alpha value is -6.76. The zero-order valence-electron chi connectivity index (χ0n) is 50.2. The predicted octanol–water partition coefficient (Wildman–Crippen LogP) is 2.35. The molecule has 36 heteroatoms. The molecule has 0 amide bonds. The van der Waals surface area contributed by atoms with Gasteiger partial charge in [0.1, 0.15) is 23.0 Å². The van der Waals surface area contributed by atoms with Crippen LogP contribution in [0.15, 0.2) is 66.7 Å². The third-order valence-corrected chi connectivity index (χ3v) is 16.2. The van der Waals surface area contributed by atoms with Crippen LogP contribution in [-0.4, -0.2) is 180 Å². The largest absolute Gasteiger partial charge is 0.743 e. The normalized spacial score (nSPS) is 14.9. The van der Waals surface area contributed by atoms with Crippen molar-refractivity contribution in [3.8, 4) is 23.0 Å². The van der Waals surface area contributed by atoms with Crippen LogP contribution in [0.1, 0.15) is 117 Å². The quantitative estimate of drug-likeness (QED) is 0.0229. The molecule has 0 saturated heterocycles. The van der Waals surface area contributed by atoms with Crippen molar-refractivity contribution in [3.05, 3.63) is 150 Å². The highest BCUT2D eigenvalue weighted by Gasteiger charge is 2.45. The third kappa shape index (κ3) is 19.7. The van der Waals surface area contributed by atoms with Gasteiger partial charge in [0.25, 0.3) is 0 Å². The molecular formula is C58H48B12F4O18S2-2. The van der Waals surface area contributed by atoms with Crippen molar-refractivity contribution >= 4 is 150 Å². The van der Waals surface area contributed by atoms with E-state index in [9.17, 15) is 72.3 Å². The topological polar surface area (TPSA) is 272 Å². The van der Waals surface area contributed by atoms with Gasteiger partial charge in [0.05, 0.1) is 129 Å². The van der Waals surface area contributed by atoms with Crippen LogP contribution in [-0.2, 0) is 120 Å². The number of hydrogen-bond donors (Lipinski definition) is 0. The highest BCUT2D eigenvalue weighted by Crippen LogP contribution is 2.40. The molecular weight excluding hydrogens is 1250 g/mol. The van der Waals surface area contributed by atoms with E-state index in [0.717, 1.165) is 18.2 Å². The van der Waals surface area contributed by atoms with Crippen LogP contribution in [0, 0.1) is 17.8 Å². The summed E-state index contributed by atoms with van der Waals surface area (Å²) in [5, 5.41) is -9.88. The molecule has 6 rings (SSSR count). The second kappa shape index (κ2) is 34.3. The molecule has 0 aromatic heterocycles. The van der Waals surface area contributed by atoms with Gasteiger partial charge in [0.15, 0.2) is 33.5 Å². The SMILES string of the molecule is [B]Cc1cc(C[B])c(OC(=O)C2CC(C(=O)OCC(F)(F)S(=O)(=O)[O-])CC(C(=O)Oc3c(C[B])cc(C[B])cc3C[B])C2)c(C[B])c1.[B]Cc1cc(C[B])c(OC(=O)c2cc(C(=O)OCC(F)(F)S(=O)(=O)[O-])cc(C(=O)Oc3c(C[B])cc(C[B])cc3C[B])c2)c(C[B])c1. The molecule has 5 aromatic rings. The van der Waals surface area contributed by atoms with Gasteiger partial charge in [-0.25, -0.2) is 31.2 Å². The van der Waals surface area contributed by atoms with Gasteiger partial charge >= 0.3 is 46.3 Å². The Morgan fingerprint density at radius 3 is 0.809 bits per heavy atom. The molecule has 5 aromatic carbocycles. The van der Waals surface area contributed by atoms with E-state index in [-0.39, 0.29) is 118 Å². The third-order valence-electron chi connectivity index (χ3n) is 14.5. The lowest BCUT2D eigenvalue weighted by Gasteiger charge is -2.32. The Kier molecular flexibility index (Phi) is 28.4. The summed E-state index contributed by atoms with van der Waals surface area (Å²) in [5.41, 5.74) is 4.07. The van der Waals surface area contributed by atoms with Crippen molar-refractivity contribution in [2.75, 3.05) is 13.2 Å². The molecule has 94 heavy (non-hydrogen) atoms. The maximum Gasteiger partial charge on any atom is 0.367 e. The Morgan fingerprint density at radius 2 is 0.574 bits per heavy atom. The molecule has 0 spiro atoms. The summed E-state index contributed by atoms with van der Waals surface area (Å²) in [5.74, 6) is -10.7. The summed E-state index contributed by atoms with van der Waals surface area (Å²) >= 11 is 0. The molecule has 1 aliphatic carbocycles. The molecule has 1 aliphatic rings. The van der Waals surface area contributed by atoms with Crippen molar-refractivity contribution < 1.29 is 101 Å².